The van der Waals surface area contributed by atoms with Gasteiger partial charge in [-0.3, -0.25) is 10.1 Å². The van der Waals surface area contributed by atoms with E-state index in [1.807, 2.05) is 25.1 Å². The van der Waals surface area contributed by atoms with Gasteiger partial charge in [0, 0.05) is 12.1 Å². The number of hydrogen-bond acceptors (Lipinski definition) is 3. The normalized spacial score (nSPS) is 10.8. The summed E-state index contributed by atoms with van der Waals surface area (Å²) < 4.78 is 0. The van der Waals surface area contributed by atoms with Crippen LogP contribution in [0.4, 0.5) is 5.69 Å². The second-order valence-electron chi connectivity index (χ2n) is 3.34. The lowest BCUT2D eigenvalue weighted by molar-refractivity contribution is -0.384. The van der Waals surface area contributed by atoms with Gasteiger partial charge in [-0.2, -0.15) is 0 Å². The highest BCUT2D eigenvalue weighted by atomic mass is 16.6. The van der Waals surface area contributed by atoms with Crippen molar-refractivity contribution in [2.75, 3.05) is 6.54 Å². The molecule has 0 unspecified atom stereocenters. The molecule has 0 aliphatic carbocycles. The number of nitro groups is 1. The Bertz CT molecular complexity index is 386. The molecule has 0 heterocycles. The lowest BCUT2D eigenvalue weighted by Crippen LogP contribution is -1.95. The van der Waals surface area contributed by atoms with Crippen LogP contribution in [0.1, 0.15) is 17.5 Å². The molecule has 1 aromatic carbocycles. The van der Waals surface area contributed by atoms with E-state index in [0.717, 1.165) is 17.5 Å². The molecule has 0 aliphatic heterocycles. The molecule has 0 amide bonds. The van der Waals surface area contributed by atoms with Crippen LogP contribution >= 0.6 is 0 Å². The zero-order chi connectivity index (χ0) is 11.3. The summed E-state index contributed by atoms with van der Waals surface area (Å²) in [6.07, 6.45) is 4.55. The van der Waals surface area contributed by atoms with Gasteiger partial charge >= 0.3 is 0 Å². The third-order valence-corrected chi connectivity index (χ3v) is 1.94. The molecule has 0 bridgehead atoms. The van der Waals surface area contributed by atoms with Crippen molar-refractivity contribution in [2.45, 2.75) is 13.3 Å². The van der Waals surface area contributed by atoms with E-state index in [1.165, 1.54) is 0 Å². The van der Waals surface area contributed by atoms with Crippen LogP contribution in [0.3, 0.4) is 0 Å². The third-order valence-electron chi connectivity index (χ3n) is 1.94. The fourth-order valence-electron chi connectivity index (χ4n) is 1.31. The summed E-state index contributed by atoms with van der Waals surface area (Å²) in [6, 6.07) is 5.01. The van der Waals surface area contributed by atoms with E-state index in [9.17, 15) is 10.1 Å². The number of benzene rings is 1. The highest BCUT2D eigenvalue weighted by Gasteiger charge is 2.05. The summed E-state index contributed by atoms with van der Waals surface area (Å²) >= 11 is 0. The van der Waals surface area contributed by atoms with Crippen LogP contribution in [-0.2, 0) is 0 Å². The molecule has 4 heteroatoms. The second kappa shape index (κ2) is 5.26. The Morgan fingerprint density at radius 1 is 1.47 bits per heavy atom. The lowest BCUT2D eigenvalue weighted by atomic mass is 10.1. The zero-order valence-corrected chi connectivity index (χ0v) is 8.64. The minimum atomic E-state index is -0.382. The van der Waals surface area contributed by atoms with Crippen LogP contribution in [0, 0.1) is 17.0 Å². The van der Waals surface area contributed by atoms with Gasteiger partial charge in [0.25, 0.3) is 5.69 Å². The Labute approximate surface area is 88.6 Å². The standard InChI is InChI=1S/C11H14N2O2/c1-9-6-10(4-2-3-5-12)8-11(7-9)13(14)15/h2,4,6-8H,3,5,12H2,1H3. The summed E-state index contributed by atoms with van der Waals surface area (Å²) in [7, 11) is 0. The van der Waals surface area contributed by atoms with Gasteiger partial charge in [-0.15, -0.1) is 0 Å². The first-order chi connectivity index (χ1) is 7.13. The van der Waals surface area contributed by atoms with Gasteiger partial charge in [0.1, 0.15) is 0 Å². The number of nitrogens with zero attached hydrogens (tertiary/aromatic N) is 1. The van der Waals surface area contributed by atoms with Crippen molar-refractivity contribution in [3.05, 3.63) is 45.5 Å². The van der Waals surface area contributed by atoms with E-state index in [1.54, 1.807) is 12.1 Å². The quantitative estimate of drug-likeness (QED) is 0.606. The van der Waals surface area contributed by atoms with Crippen LogP contribution in [0.5, 0.6) is 0 Å². The minimum Gasteiger partial charge on any atom is -0.330 e. The van der Waals surface area contributed by atoms with Gasteiger partial charge in [-0.1, -0.05) is 18.2 Å². The Balaban J connectivity index is 2.93. The first-order valence-electron chi connectivity index (χ1n) is 4.76. The molecule has 0 aromatic heterocycles. The van der Waals surface area contributed by atoms with Crippen molar-refractivity contribution in [2.24, 2.45) is 5.73 Å². The fourth-order valence-corrected chi connectivity index (χ4v) is 1.31. The lowest BCUT2D eigenvalue weighted by Gasteiger charge is -1.97. The van der Waals surface area contributed by atoms with Crippen LogP contribution in [-0.4, -0.2) is 11.5 Å². The summed E-state index contributed by atoms with van der Waals surface area (Å²) in [5, 5.41) is 10.6. The molecule has 15 heavy (non-hydrogen) atoms. The van der Waals surface area contributed by atoms with Crippen molar-refractivity contribution in [1.82, 2.24) is 0 Å². The molecule has 0 fully saturated rings. The molecule has 80 valence electrons. The van der Waals surface area contributed by atoms with Crippen LogP contribution in [0.15, 0.2) is 24.3 Å². The molecule has 0 radical (unpaired) electrons. The fraction of sp³-hybridized carbons (Fsp3) is 0.273. The Morgan fingerprint density at radius 3 is 2.80 bits per heavy atom. The summed E-state index contributed by atoms with van der Waals surface area (Å²) in [5.41, 5.74) is 7.20. The number of hydrogen-bond donors (Lipinski definition) is 1. The van der Waals surface area contributed by atoms with E-state index in [-0.39, 0.29) is 10.6 Å². The second-order valence-corrected chi connectivity index (χ2v) is 3.34. The van der Waals surface area contributed by atoms with Gasteiger partial charge in [0.15, 0.2) is 0 Å². The van der Waals surface area contributed by atoms with Gasteiger partial charge in [0.05, 0.1) is 4.92 Å². The Kier molecular flexibility index (Phi) is 4.00. The van der Waals surface area contributed by atoms with Crippen molar-refractivity contribution < 1.29 is 4.92 Å². The highest BCUT2D eigenvalue weighted by molar-refractivity contribution is 5.55. The van der Waals surface area contributed by atoms with Crippen LogP contribution in [0.25, 0.3) is 6.08 Å². The molecule has 0 spiro atoms. The topological polar surface area (TPSA) is 69.2 Å². The molecule has 0 saturated carbocycles. The van der Waals surface area contributed by atoms with Gasteiger partial charge < -0.3 is 5.73 Å². The highest BCUT2D eigenvalue weighted by Crippen LogP contribution is 2.17. The molecule has 1 rings (SSSR count). The van der Waals surface area contributed by atoms with Crippen LogP contribution in [0.2, 0.25) is 0 Å². The average Bonchev–Trinajstić information content (AvgIpc) is 2.17. The molecular formula is C11H14N2O2. The monoisotopic (exact) mass is 206 g/mol. The first-order valence-corrected chi connectivity index (χ1v) is 4.76. The SMILES string of the molecule is Cc1cc(C=CCCN)cc([N+](=O)[O-])c1. The molecule has 0 aliphatic rings. The maximum atomic E-state index is 10.6. The number of non-ortho nitro benzene ring substituents is 1. The predicted molar refractivity (Wildman–Crippen MR) is 60.5 cm³/mol. The summed E-state index contributed by atoms with van der Waals surface area (Å²) in [4.78, 5) is 10.2. The van der Waals surface area contributed by atoms with E-state index >= 15 is 0 Å². The van der Waals surface area contributed by atoms with Crippen LogP contribution < -0.4 is 5.73 Å². The third kappa shape index (κ3) is 3.52. The predicted octanol–water partition coefficient (Wildman–Crippen LogP) is 2.27. The minimum absolute atomic E-state index is 0.127. The number of rotatable bonds is 4. The largest absolute Gasteiger partial charge is 0.330 e. The maximum Gasteiger partial charge on any atom is 0.270 e. The summed E-state index contributed by atoms with van der Waals surface area (Å²) in [5.74, 6) is 0. The molecule has 0 saturated heterocycles. The van der Waals surface area contributed by atoms with Crippen molar-refractivity contribution >= 4 is 11.8 Å². The Hall–Kier alpha value is -1.68. The average molecular weight is 206 g/mol. The van der Waals surface area contributed by atoms with Gasteiger partial charge in [-0.05, 0) is 31.0 Å². The molecule has 1 aromatic rings. The van der Waals surface area contributed by atoms with E-state index in [4.69, 9.17) is 5.73 Å². The summed E-state index contributed by atoms with van der Waals surface area (Å²) in [6.45, 7) is 2.43. The van der Waals surface area contributed by atoms with E-state index in [2.05, 4.69) is 0 Å². The molecule has 2 N–H and O–H groups in total. The number of aryl methyl sites for hydroxylation is 1. The van der Waals surface area contributed by atoms with Crippen molar-refractivity contribution in [3.8, 4) is 0 Å². The zero-order valence-electron chi connectivity index (χ0n) is 8.64. The van der Waals surface area contributed by atoms with E-state index < -0.39 is 0 Å². The molecule has 0 atom stereocenters. The van der Waals surface area contributed by atoms with Crippen molar-refractivity contribution in [1.29, 1.82) is 0 Å². The van der Waals surface area contributed by atoms with E-state index in [0.29, 0.717) is 6.54 Å². The van der Waals surface area contributed by atoms with Crippen molar-refractivity contribution in [3.63, 3.8) is 0 Å². The number of nitrogens with two attached hydrogens (primary N) is 1. The molecular weight excluding hydrogens is 192 g/mol. The van der Waals surface area contributed by atoms with Gasteiger partial charge in [-0.25, -0.2) is 0 Å². The Morgan fingerprint density at radius 2 is 2.20 bits per heavy atom. The maximum absolute atomic E-state index is 10.6. The molecule has 4 nitrogen and oxygen atoms in total. The smallest absolute Gasteiger partial charge is 0.270 e. The first kappa shape index (κ1) is 11.4. The van der Waals surface area contributed by atoms with Gasteiger partial charge in [0.2, 0.25) is 0 Å². The number of nitro benzene ring substituents is 1.